The molecule has 2 aromatic rings. The second-order valence-corrected chi connectivity index (χ2v) is 9.10. The van der Waals surface area contributed by atoms with Gasteiger partial charge in [-0.05, 0) is 42.2 Å². The number of nitrogens with one attached hydrogen (secondary N) is 4. The first-order valence-electron chi connectivity index (χ1n) is 11.9. The Morgan fingerprint density at radius 1 is 0.905 bits per heavy atom. The van der Waals surface area contributed by atoms with Crippen molar-refractivity contribution < 1.29 is 37.5 Å². The average molecular weight is 637 g/mol. The lowest BCUT2D eigenvalue weighted by molar-refractivity contribution is -0.192. The molecule has 42 heavy (non-hydrogen) atoms. The van der Waals surface area contributed by atoms with Gasteiger partial charge in [-0.3, -0.25) is 9.79 Å². The lowest BCUT2D eigenvalue weighted by atomic mass is 10.1. The van der Waals surface area contributed by atoms with Crippen LogP contribution < -0.4 is 38.5 Å². The van der Waals surface area contributed by atoms with Gasteiger partial charge in [-0.15, -0.1) is 0 Å². The predicted molar refractivity (Wildman–Crippen MR) is 151 cm³/mol. The van der Waals surface area contributed by atoms with E-state index in [9.17, 15) is 27.6 Å². The standard InChI is InChI=1S/C22H28Cl2N8O3.C2HF3O2/c23-16-8-7-15(10-17(16)24)31-22(35)32-18(2-1-9-28-20(25)26)19(33)29-11-13-3-5-14(6-4-13)12-30-21(27)34;3-2(4,5)1(6)7/h3-8,10,18H,1-2,9,11-12H2,(H,29,33)(H4,25,26,28)(H3,27,30,34)(H2,31,32,35);(H,6,7)/t18-;/m1./s1. The summed E-state index contributed by atoms with van der Waals surface area (Å²) in [6.45, 7) is 0.851. The van der Waals surface area contributed by atoms with E-state index in [0.29, 0.717) is 36.6 Å². The summed E-state index contributed by atoms with van der Waals surface area (Å²) in [4.78, 5) is 48.9. The molecule has 230 valence electrons. The summed E-state index contributed by atoms with van der Waals surface area (Å²) in [6.07, 6.45) is -4.32. The van der Waals surface area contributed by atoms with Gasteiger partial charge in [0.2, 0.25) is 5.91 Å². The first-order chi connectivity index (χ1) is 19.6. The molecule has 0 unspecified atom stereocenters. The number of carbonyl (C=O) groups is 4. The zero-order chi connectivity index (χ0) is 31.9. The second kappa shape index (κ2) is 17.4. The van der Waals surface area contributed by atoms with E-state index in [1.54, 1.807) is 12.1 Å². The number of carboxylic acids is 1. The van der Waals surface area contributed by atoms with Crippen LogP contribution in [0.2, 0.25) is 10.0 Å². The summed E-state index contributed by atoms with van der Waals surface area (Å²) in [6, 6.07) is 9.86. The maximum atomic E-state index is 12.8. The molecule has 13 nitrogen and oxygen atoms in total. The highest BCUT2D eigenvalue weighted by Crippen LogP contribution is 2.25. The number of alkyl halides is 3. The fraction of sp³-hybridized carbons (Fsp3) is 0.292. The number of nitrogens with two attached hydrogens (primary N) is 3. The van der Waals surface area contributed by atoms with Crippen LogP contribution >= 0.6 is 23.2 Å². The van der Waals surface area contributed by atoms with Crippen molar-refractivity contribution in [2.24, 2.45) is 22.2 Å². The molecule has 0 spiro atoms. The third kappa shape index (κ3) is 14.8. The van der Waals surface area contributed by atoms with Crippen molar-refractivity contribution in [3.05, 3.63) is 63.6 Å². The number of hydrogen-bond acceptors (Lipinski definition) is 5. The summed E-state index contributed by atoms with van der Waals surface area (Å²) in [7, 11) is 0. The van der Waals surface area contributed by atoms with Gasteiger partial charge in [0, 0.05) is 25.3 Å². The maximum Gasteiger partial charge on any atom is 0.490 e. The predicted octanol–water partition coefficient (Wildman–Crippen LogP) is 2.66. The Labute approximate surface area is 248 Å². The number of amides is 5. The number of aliphatic imine (C=N–C) groups is 1. The number of benzene rings is 2. The van der Waals surface area contributed by atoms with E-state index in [4.69, 9.17) is 50.3 Å². The van der Waals surface area contributed by atoms with Crippen LogP contribution in [0.15, 0.2) is 47.5 Å². The van der Waals surface area contributed by atoms with Crippen molar-refractivity contribution in [2.75, 3.05) is 11.9 Å². The van der Waals surface area contributed by atoms with Gasteiger partial charge in [0.1, 0.15) is 6.04 Å². The van der Waals surface area contributed by atoms with Gasteiger partial charge in [0.05, 0.1) is 10.0 Å². The highest BCUT2D eigenvalue weighted by molar-refractivity contribution is 6.42. The first kappa shape index (κ1) is 35.6. The lowest BCUT2D eigenvalue weighted by Gasteiger charge is -2.19. The largest absolute Gasteiger partial charge is 0.490 e. The highest BCUT2D eigenvalue weighted by atomic mass is 35.5. The molecule has 0 radical (unpaired) electrons. The highest BCUT2D eigenvalue weighted by Gasteiger charge is 2.38. The number of rotatable bonds is 11. The minimum Gasteiger partial charge on any atom is -0.475 e. The van der Waals surface area contributed by atoms with Crippen molar-refractivity contribution >= 4 is 58.8 Å². The maximum absolute atomic E-state index is 12.8. The van der Waals surface area contributed by atoms with E-state index in [1.807, 2.05) is 24.3 Å². The minimum atomic E-state index is -5.08. The Morgan fingerprint density at radius 3 is 1.93 bits per heavy atom. The fourth-order valence-electron chi connectivity index (χ4n) is 2.95. The zero-order valence-corrected chi connectivity index (χ0v) is 23.3. The van der Waals surface area contributed by atoms with Gasteiger partial charge in [0.15, 0.2) is 5.96 Å². The Bertz CT molecular complexity index is 1260. The Kier molecular flexibility index (Phi) is 14.7. The summed E-state index contributed by atoms with van der Waals surface area (Å²) >= 11 is 11.9. The first-order valence-corrected chi connectivity index (χ1v) is 12.6. The molecular formula is C24H29Cl2F3N8O5. The van der Waals surface area contributed by atoms with Crippen molar-refractivity contribution in [1.29, 1.82) is 0 Å². The molecule has 2 aromatic carbocycles. The number of urea groups is 2. The van der Waals surface area contributed by atoms with Crippen molar-refractivity contribution in [1.82, 2.24) is 16.0 Å². The molecule has 0 aliphatic rings. The van der Waals surface area contributed by atoms with Gasteiger partial charge in [-0.25, -0.2) is 14.4 Å². The third-order valence-electron chi connectivity index (χ3n) is 4.94. The SMILES string of the molecule is NC(=O)NCc1ccc(CNC(=O)[C@@H](CCCN=C(N)N)NC(=O)Nc2ccc(Cl)c(Cl)c2)cc1.O=C(O)C(F)(F)F. The number of carbonyl (C=O) groups excluding carboxylic acids is 3. The van der Waals surface area contributed by atoms with Crippen LogP contribution in [-0.4, -0.2) is 53.8 Å². The number of nitrogens with zero attached hydrogens (tertiary/aromatic N) is 1. The van der Waals surface area contributed by atoms with Gasteiger partial charge in [-0.2, -0.15) is 13.2 Å². The monoisotopic (exact) mass is 636 g/mol. The smallest absolute Gasteiger partial charge is 0.475 e. The molecule has 2 rings (SSSR count). The summed E-state index contributed by atoms with van der Waals surface area (Å²) in [5.74, 6) is -3.18. The molecule has 0 aliphatic heterocycles. The number of aliphatic carboxylic acids is 1. The van der Waals surface area contributed by atoms with E-state index < -0.39 is 30.2 Å². The number of guanidine groups is 1. The molecule has 11 N–H and O–H groups in total. The molecule has 0 aromatic heterocycles. The van der Waals surface area contributed by atoms with Gasteiger partial charge in [-0.1, -0.05) is 47.5 Å². The van der Waals surface area contributed by atoms with Crippen LogP contribution in [-0.2, 0) is 22.7 Å². The molecule has 0 heterocycles. The Balaban J connectivity index is 0.00000112. The lowest BCUT2D eigenvalue weighted by Crippen LogP contribution is -2.48. The summed E-state index contributed by atoms with van der Waals surface area (Å²) in [5, 5.41) is 18.4. The molecule has 5 amide bonds. The Morgan fingerprint density at radius 2 is 1.45 bits per heavy atom. The van der Waals surface area contributed by atoms with Crippen LogP contribution in [0.3, 0.4) is 0 Å². The summed E-state index contributed by atoms with van der Waals surface area (Å²) in [5.41, 5.74) is 17.9. The molecule has 18 heteroatoms. The number of halogens is 5. The molecule has 1 atom stereocenters. The van der Waals surface area contributed by atoms with Gasteiger partial charge >= 0.3 is 24.2 Å². The minimum absolute atomic E-state index is 0.0502. The van der Waals surface area contributed by atoms with Crippen molar-refractivity contribution in [2.45, 2.75) is 38.1 Å². The third-order valence-corrected chi connectivity index (χ3v) is 5.68. The fourth-order valence-corrected chi connectivity index (χ4v) is 3.25. The van der Waals surface area contributed by atoms with E-state index >= 15 is 0 Å². The van der Waals surface area contributed by atoms with Crippen LogP contribution in [0.5, 0.6) is 0 Å². The quantitative estimate of drug-likeness (QED) is 0.104. The van der Waals surface area contributed by atoms with E-state index in [2.05, 4.69) is 26.3 Å². The topological polar surface area (TPSA) is 227 Å². The molecule has 0 aliphatic carbocycles. The number of primary amides is 1. The normalized spacial score (nSPS) is 11.2. The number of hydrogen-bond donors (Lipinski definition) is 8. The molecular weight excluding hydrogens is 608 g/mol. The molecule has 0 bridgehead atoms. The van der Waals surface area contributed by atoms with Crippen LogP contribution in [0.4, 0.5) is 28.4 Å². The van der Waals surface area contributed by atoms with Gasteiger partial charge in [0.25, 0.3) is 0 Å². The van der Waals surface area contributed by atoms with Crippen LogP contribution in [0, 0.1) is 0 Å². The van der Waals surface area contributed by atoms with Crippen LogP contribution in [0.1, 0.15) is 24.0 Å². The van der Waals surface area contributed by atoms with Crippen molar-refractivity contribution in [3.63, 3.8) is 0 Å². The number of carboxylic acid groups (broad SMARTS) is 1. The van der Waals surface area contributed by atoms with E-state index in [1.165, 1.54) is 6.07 Å². The zero-order valence-electron chi connectivity index (χ0n) is 21.8. The molecule has 0 saturated carbocycles. The number of anilines is 1. The Hall–Kier alpha value is -4.44. The van der Waals surface area contributed by atoms with Crippen LogP contribution in [0.25, 0.3) is 0 Å². The summed E-state index contributed by atoms with van der Waals surface area (Å²) < 4.78 is 31.7. The average Bonchev–Trinajstić information content (AvgIpc) is 2.90. The molecule has 0 fully saturated rings. The van der Waals surface area contributed by atoms with Gasteiger partial charge < -0.3 is 43.6 Å². The van der Waals surface area contributed by atoms with E-state index in [0.717, 1.165) is 11.1 Å². The van der Waals surface area contributed by atoms with E-state index in [-0.39, 0.29) is 23.4 Å². The molecule has 0 saturated heterocycles. The van der Waals surface area contributed by atoms with Crippen molar-refractivity contribution in [3.8, 4) is 0 Å². The second-order valence-electron chi connectivity index (χ2n) is 8.28.